The van der Waals surface area contributed by atoms with Gasteiger partial charge in [-0.1, -0.05) is 32.1 Å². The molecule has 0 aromatic heterocycles. The van der Waals surface area contributed by atoms with E-state index in [1.807, 2.05) is 0 Å². The number of nitrogens with zero attached hydrogens (tertiary/aromatic N) is 1. The summed E-state index contributed by atoms with van der Waals surface area (Å²) < 4.78 is 0. The summed E-state index contributed by atoms with van der Waals surface area (Å²) >= 11 is 0. The van der Waals surface area contributed by atoms with Gasteiger partial charge < -0.3 is 4.90 Å². The second-order valence-corrected chi connectivity index (χ2v) is 5.61. The van der Waals surface area contributed by atoms with E-state index in [2.05, 4.69) is 11.8 Å². The van der Waals surface area contributed by atoms with E-state index in [9.17, 15) is 0 Å². The fourth-order valence-corrected chi connectivity index (χ4v) is 3.24. The average molecular weight is 222 g/mol. The summed E-state index contributed by atoms with van der Waals surface area (Å²) in [6.07, 6.45) is 11.9. The SMILES string of the molecule is CC1CCCCCN1C(=N)C1CCCCC1. The van der Waals surface area contributed by atoms with Gasteiger partial charge in [0, 0.05) is 18.5 Å². The summed E-state index contributed by atoms with van der Waals surface area (Å²) in [5.74, 6) is 1.54. The first kappa shape index (κ1) is 11.9. The molecule has 1 aliphatic heterocycles. The van der Waals surface area contributed by atoms with E-state index in [1.165, 1.54) is 57.8 Å². The molecule has 1 aliphatic carbocycles. The summed E-state index contributed by atoms with van der Waals surface area (Å²) in [4.78, 5) is 2.41. The van der Waals surface area contributed by atoms with Gasteiger partial charge >= 0.3 is 0 Å². The highest BCUT2D eigenvalue weighted by molar-refractivity contribution is 5.82. The van der Waals surface area contributed by atoms with Gasteiger partial charge in [-0.15, -0.1) is 0 Å². The van der Waals surface area contributed by atoms with Crippen LogP contribution in [-0.4, -0.2) is 23.3 Å². The molecule has 0 aromatic rings. The molecule has 0 aromatic carbocycles. The lowest BCUT2D eigenvalue weighted by atomic mass is 9.87. The van der Waals surface area contributed by atoms with E-state index in [0.29, 0.717) is 12.0 Å². The Morgan fingerprint density at radius 2 is 1.56 bits per heavy atom. The Labute approximate surface area is 99.9 Å². The molecule has 1 heterocycles. The molecule has 0 spiro atoms. The quantitative estimate of drug-likeness (QED) is 0.530. The molecule has 1 atom stereocenters. The molecule has 2 heteroatoms. The van der Waals surface area contributed by atoms with Crippen LogP contribution >= 0.6 is 0 Å². The lowest BCUT2D eigenvalue weighted by molar-refractivity contribution is 0.299. The van der Waals surface area contributed by atoms with Crippen molar-refractivity contribution in [2.45, 2.75) is 70.8 Å². The van der Waals surface area contributed by atoms with E-state index in [4.69, 9.17) is 5.41 Å². The first-order valence-electron chi connectivity index (χ1n) is 7.14. The molecule has 0 amide bonds. The predicted molar refractivity (Wildman–Crippen MR) is 68.9 cm³/mol. The van der Waals surface area contributed by atoms with Crippen molar-refractivity contribution in [3.63, 3.8) is 0 Å². The molecule has 92 valence electrons. The predicted octanol–water partition coefficient (Wildman–Crippen LogP) is 3.81. The molecule has 2 nitrogen and oxygen atoms in total. The van der Waals surface area contributed by atoms with E-state index in [0.717, 1.165) is 12.4 Å². The van der Waals surface area contributed by atoms with Gasteiger partial charge in [-0.2, -0.15) is 0 Å². The molecule has 16 heavy (non-hydrogen) atoms. The largest absolute Gasteiger partial charge is 0.358 e. The molecule has 1 N–H and O–H groups in total. The van der Waals surface area contributed by atoms with Gasteiger partial charge in [0.2, 0.25) is 0 Å². The van der Waals surface area contributed by atoms with Crippen LogP contribution in [-0.2, 0) is 0 Å². The summed E-state index contributed by atoms with van der Waals surface area (Å²) in [6, 6.07) is 0.608. The van der Waals surface area contributed by atoms with Crippen LogP contribution in [0.15, 0.2) is 0 Å². The maximum Gasteiger partial charge on any atom is 0.0991 e. The Kier molecular flexibility index (Phi) is 4.25. The summed E-state index contributed by atoms with van der Waals surface area (Å²) in [6.45, 7) is 3.44. The van der Waals surface area contributed by atoms with E-state index >= 15 is 0 Å². The average Bonchev–Trinajstić information content (AvgIpc) is 2.54. The molecule has 2 rings (SSSR count). The zero-order chi connectivity index (χ0) is 11.4. The van der Waals surface area contributed by atoms with Gasteiger partial charge in [-0.3, -0.25) is 5.41 Å². The molecule has 2 fully saturated rings. The lowest BCUT2D eigenvalue weighted by Gasteiger charge is -2.35. The molecule has 1 saturated heterocycles. The zero-order valence-electron chi connectivity index (χ0n) is 10.7. The van der Waals surface area contributed by atoms with Crippen LogP contribution in [0.1, 0.15) is 64.7 Å². The Balaban J connectivity index is 1.95. The number of likely N-dealkylation sites (tertiary alicyclic amines) is 1. The van der Waals surface area contributed by atoms with Crippen LogP contribution in [0.2, 0.25) is 0 Å². The van der Waals surface area contributed by atoms with E-state index < -0.39 is 0 Å². The van der Waals surface area contributed by atoms with Gasteiger partial charge in [0.15, 0.2) is 0 Å². The van der Waals surface area contributed by atoms with E-state index in [1.54, 1.807) is 0 Å². The third-order valence-electron chi connectivity index (χ3n) is 4.35. The van der Waals surface area contributed by atoms with Crippen LogP contribution in [0.5, 0.6) is 0 Å². The minimum Gasteiger partial charge on any atom is -0.358 e. The topological polar surface area (TPSA) is 27.1 Å². The van der Waals surface area contributed by atoms with Gasteiger partial charge in [0.1, 0.15) is 0 Å². The standard InChI is InChI=1S/C14H26N2/c1-12-8-4-3-7-11-16(12)14(15)13-9-5-2-6-10-13/h12-13,15H,2-11H2,1H3. The monoisotopic (exact) mass is 222 g/mol. The first-order valence-corrected chi connectivity index (χ1v) is 7.14. The van der Waals surface area contributed by atoms with Gasteiger partial charge in [-0.05, 0) is 32.6 Å². The van der Waals surface area contributed by atoms with Crippen LogP contribution in [0.4, 0.5) is 0 Å². The van der Waals surface area contributed by atoms with Crippen molar-refractivity contribution < 1.29 is 0 Å². The fraction of sp³-hybridized carbons (Fsp3) is 0.929. The smallest absolute Gasteiger partial charge is 0.0991 e. The summed E-state index contributed by atoms with van der Waals surface area (Å²) in [7, 11) is 0. The van der Waals surface area contributed by atoms with Crippen molar-refractivity contribution in [3.8, 4) is 0 Å². The van der Waals surface area contributed by atoms with Crippen LogP contribution < -0.4 is 0 Å². The molecule has 0 bridgehead atoms. The van der Waals surface area contributed by atoms with Gasteiger partial charge in [-0.25, -0.2) is 0 Å². The number of rotatable bonds is 1. The zero-order valence-corrected chi connectivity index (χ0v) is 10.7. The minimum atomic E-state index is 0.578. The Morgan fingerprint density at radius 1 is 0.938 bits per heavy atom. The highest BCUT2D eigenvalue weighted by Gasteiger charge is 2.26. The van der Waals surface area contributed by atoms with E-state index in [-0.39, 0.29) is 0 Å². The van der Waals surface area contributed by atoms with Gasteiger partial charge in [0.05, 0.1) is 5.84 Å². The Hall–Kier alpha value is -0.530. The molecule has 1 unspecified atom stereocenters. The third-order valence-corrected chi connectivity index (χ3v) is 4.35. The highest BCUT2D eigenvalue weighted by atomic mass is 15.2. The van der Waals surface area contributed by atoms with Crippen molar-refractivity contribution in [2.24, 2.45) is 5.92 Å². The van der Waals surface area contributed by atoms with Crippen LogP contribution in [0.3, 0.4) is 0 Å². The van der Waals surface area contributed by atoms with Crippen molar-refractivity contribution >= 4 is 5.84 Å². The lowest BCUT2D eigenvalue weighted by Crippen LogP contribution is -2.42. The van der Waals surface area contributed by atoms with Crippen LogP contribution in [0.25, 0.3) is 0 Å². The molecular weight excluding hydrogens is 196 g/mol. The summed E-state index contributed by atoms with van der Waals surface area (Å²) in [5.41, 5.74) is 0. The maximum absolute atomic E-state index is 8.43. The molecule has 2 aliphatic rings. The number of nitrogens with one attached hydrogen (secondary N) is 1. The van der Waals surface area contributed by atoms with Crippen molar-refractivity contribution in [1.82, 2.24) is 4.90 Å². The second-order valence-electron chi connectivity index (χ2n) is 5.61. The number of hydrogen-bond acceptors (Lipinski definition) is 1. The molecule has 0 radical (unpaired) electrons. The normalized spacial score (nSPS) is 28.8. The summed E-state index contributed by atoms with van der Waals surface area (Å²) in [5, 5.41) is 8.43. The number of hydrogen-bond donors (Lipinski definition) is 1. The fourth-order valence-electron chi connectivity index (χ4n) is 3.24. The Bertz CT molecular complexity index is 231. The van der Waals surface area contributed by atoms with Crippen LogP contribution in [0, 0.1) is 11.3 Å². The first-order chi connectivity index (χ1) is 7.79. The Morgan fingerprint density at radius 3 is 2.31 bits per heavy atom. The molecule has 1 saturated carbocycles. The highest BCUT2D eigenvalue weighted by Crippen LogP contribution is 2.28. The number of amidine groups is 1. The van der Waals surface area contributed by atoms with Crippen molar-refractivity contribution in [1.29, 1.82) is 5.41 Å². The maximum atomic E-state index is 8.43. The minimum absolute atomic E-state index is 0.578. The van der Waals surface area contributed by atoms with Gasteiger partial charge in [0.25, 0.3) is 0 Å². The third kappa shape index (κ3) is 2.78. The second kappa shape index (κ2) is 5.70. The van der Waals surface area contributed by atoms with Crippen molar-refractivity contribution in [3.05, 3.63) is 0 Å². The molecular formula is C14H26N2. The van der Waals surface area contributed by atoms with Crippen molar-refractivity contribution in [2.75, 3.05) is 6.54 Å².